The van der Waals surface area contributed by atoms with Gasteiger partial charge in [-0.1, -0.05) is 35.5 Å². The number of fused-ring (bicyclic) bond motifs is 2. The highest BCUT2D eigenvalue weighted by Gasteiger charge is 2.77. The summed E-state index contributed by atoms with van der Waals surface area (Å²) in [4.78, 5) is 43.4. The molecule has 3 amide bonds. The predicted octanol–water partition coefficient (Wildman–Crippen LogP) is 2.40. The van der Waals surface area contributed by atoms with Crippen molar-refractivity contribution in [2.75, 3.05) is 18.5 Å². The quantitative estimate of drug-likeness (QED) is 0.350. The maximum Gasteiger partial charge on any atom is 0.245 e. The number of anilines is 1. The largest absolute Gasteiger partial charge is 0.396 e. The van der Waals surface area contributed by atoms with E-state index in [0.717, 1.165) is 17.5 Å². The molecule has 11 heteroatoms. The normalized spacial score (nSPS) is 29.1. The smallest absolute Gasteiger partial charge is 0.245 e. The van der Waals surface area contributed by atoms with Crippen molar-refractivity contribution in [1.29, 1.82) is 0 Å². The fourth-order valence-electron chi connectivity index (χ4n) is 6.79. The molecule has 5 atom stereocenters. The molecule has 1 aromatic heterocycles. The Hall–Kier alpha value is -3.44. The molecule has 2 unspecified atom stereocenters. The highest BCUT2D eigenvalue weighted by atomic mass is 32.2. The van der Waals surface area contributed by atoms with Crippen LogP contribution in [0.15, 0.2) is 54.6 Å². The third-order valence-corrected chi connectivity index (χ3v) is 10.5. The Morgan fingerprint density at radius 2 is 1.85 bits per heavy atom. The molecule has 3 fully saturated rings. The van der Waals surface area contributed by atoms with Gasteiger partial charge in [0.15, 0.2) is 0 Å². The maximum absolute atomic E-state index is 14.1. The van der Waals surface area contributed by atoms with Crippen LogP contribution in [0.1, 0.15) is 32.6 Å². The number of benzene rings is 2. The number of hydrogen-bond acceptors (Lipinski definition) is 7. The van der Waals surface area contributed by atoms with Gasteiger partial charge in [-0.05, 0) is 56.9 Å². The third-order valence-electron chi connectivity index (χ3n) is 8.48. The number of aromatic nitrogens is 3. The van der Waals surface area contributed by atoms with Gasteiger partial charge >= 0.3 is 0 Å². The third kappa shape index (κ3) is 4.19. The zero-order chi connectivity index (χ0) is 27.2. The predicted molar refractivity (Wildman–Crippen MR) is 148 cm³/mol. The molecule has 3 aromatic rings. The summed E-state index contributed by atoms with van der Waals surface area (Å²) in [5.74, 6) is -1.73. The summed E-state index contributed by atoms with van der Waals surface area (Å²) in [5.41, 5.74) is 2.22. The van der Waals surface area contributed by atoms with E-state index in [1.54, 1.807) is 21.3 Å². The van der Waals surface area contributed by atoms with E-state index in [0.29, 0.717) is 31.5 Å². The second-order valence-corrected chi connectivity index (χ2v) is 12.7. The number of amides is 3. The van der Waals surface area contributed by atoms with E-state index in [-0.39, 0.29) is 31.0 Å². The van der Waals surface area contributed by atoms with Crippen molar-refractivity contribution in [2.45, 2.75) is 54.8 Å². The highest BCUT2D eigenvalue weighted by Crippen LogP contribution is 2.71. The number of rotatable bonds is 9. The number of aliphatic hydroxyl groups is 1. The fraction of sp³-hybridized carbons (Fsp3) is 0.464. The van der Waals surface area contributed by atoms with Crippen LogP contribution in [0.4, 0.5) is 5.69 Å². The molecule has 3 aliphatic rings. The SMILES string of the molecule is C[C@]12CCC3(S1)C(C(=O)NCn1nnc4ccccc41)N(CCCCO)C(=O)[C@@H]3[C@H]2C(=O)Nc1ccccc1. The second kappa shape index (κ2) is 9.95. The van der Waals surface area contributed by atoms with E-state index in [2.05, 4.69) is 27.9 Å². The summed E-state index contributed by atoms with van der Waals surface area (Å²) in [6.45, 7) is 2.54. The number of hydrogen-bond donors (Lipinski definition) is 3. The minimum absolute atomic E-state index is 0.0156. The van der Waals surface area contributed by atoms with Gasteiger partial charge in [0.1, 0.15) is 18.2 Å². The zero-order valence-electron chi connectivity index (χ0n) is 21.7. The molecular formula is C28H32N6O4S. The van der Waals surface area contributed by atoms with Gasteiger partial charge in [0.2, 0.25) is 17.7 Å². The molecule has 0 radical (unpaired) electrons. The van der Waals surface area contributed by atoms with Gasteiger partial charge < -0.3 is 20.6 Å². The van der Waals surface area contributed by atoms with Gasteiger partial charge in [0.05, 0.1) is 22.1 Å². The topological polar surface area (TPSA) is 129 Å². The Morgan fingerprint density at radius 1 is 1.08 bits per heavy atom. The fourth-order valence-corrected chi connectivity index (χ4v) is 9.14. The van der Waals surface area contributed by atoms with Gasteiger partial charge in [-0.3, -0.25) is 14.4 Å². The monoisotopic (exact) mass is 548 g/mol. The zero-order valence-corrected chi connectivity index (χ0v) is 22.6. The number of nitrogens with zero attached hydrogens (tertiary/aromatic N) is 4. The van der Waals surface area contributed by atoms with Crippen molar-refractivity contribution in [2.24, 2.45) is 11.8 Å². The summed E-state index contributed by atoms with van der Waals surface area (Å²) in [6.07, 6.45) is 2.53. The molecule has 1 spiro atoms. The number of thioether (sulfide) groups is 1. The Bertz CT molecular complexity index is 1420. The molecule has 10 nitrogen and oxygen atoms in total. The number of aliphatic hydroxyl groups excluding tert-OH is 1. The molecule has 3 N–H and O–H groups in total. The van der Waals surface area contributed by atoms with E-state index in [1.807, 2.05) is 54.6 Å². The minimum Gasteiger partial charge on any atom is -0.396 e. The van der Waals surface area contributed by atoms with Crippen LogP contribution < -0.4 is 10.6 Å². The first-order valence-electron chi connectivity index (χ1n) is 13.4. The van der Waals surface area contributed by atoms with Crippen LogP contribution in [0.5, 0.6) is 0 Å². The molecule has 3 aliphatic heterocycles. The van der Waals surface area contributed by atoms with Crippen molar-refractivity contribution in [1.82, 2.24) is 25.2 Å². The van der Waals surface area contributed by atoms with E-state index >= 15 is 0 Å². The van der Waals surface area contributed by atoms with Gasteiger partial charge in [-0.15, -0.1) is 16.9 Å². The van der Waals surface area contributed by atoms with Crippen molar-refractivity contribution >= 4 is 46.2 Å². The number of likely N-dealkylation sites (tertiary alicyclic amines) is 1. The van der Waals surface area contributed by atoms with Crippen LogP contribution in [-0.4, -0.2) is 71.4 Å². The second-order valence-electron chi connectivity index (χ2n) is 10.8. The van der Waals surface area contributed by atoms with E-state index in [9.17, 15) is 19.5 Å². The van der Waals surface area contributed by atoms with Gasteiger partial charge in [0.25, 0.3) is 0 Å². The molecule has 0 saturated carbocycles. The summed E-state index contributed by atoms with van der Waals surface area (Å²) in [6, 6.07) is 16.1. The van der Waals surface area contributed by atoms with Crippen molar-refractivity contribution in [3.05, 3.63) is 54.6 Å². The van der Waals surface area contributed by atoms with E-state index < -0.39 is 27.4 Å². The van der Waals surface area contributed by atoms with Crippen LogP contribution in [-0.2, 0) is 21.1 Å². The van der Waals surface area contributed by atoms with Crippen LogP contribution in [0.2, 0.25) is 0 Å². The average molecular weight is 549 g/mol. The van der Waals surface area contributed by atoms with Crippen LogP contribution in [0, 0.1) is 11.8 Å². The summed E-state index contributed by atoms with van der Waals surface area (Å²) in [7, 11) is 0. The van der Waals surface area contributed by atoms with Crippen molar-refractivity contribution < 1.29 is 19.5 Å². The van der Waals surface area contributed by atoms with Gasteiger partial charge in [0, 0.05) is 23.6 Å². The molecule has 2 bridgehead atoms. The number of para-hydroxylation sites is 2. The number of carbonyl (C=O) groups excluding carboxylic acids is 3. The van der Waals surface area contributed by atoms with Crippen molar-refractivity contribution in [3.8, 4) is 0 Å². The molecule has 204 valence electrons. The molecule has 4 heterocycles. The highest BCUT2D eigenvalue weighted by molar-refractivity contribution is 8.02. The van der Waals surface area contributed by atoms with E-state index in [4.69, 9.17) is 0 Å². The average Bonchev–Trinajstić information content (AvgIpc) is 3.64. The summed E-state index contributed by atoms with van der Waals surface area (Å²) >= 11 is 1.64. The lowest BCUT2D eigenvalue weighted by molar-refractivity contribution is -0.139. The first-order valence-corrected chi connectivity index (χ1v) is 14.2. The standard InChI is InChI=1S/C28H32N6O4S/c1-27-13-14-28(39-27)22(21(27)24(36)30-18-9-3-2-4-10-18)26(38)33(15-7-8-16-35)23(28)25(37)29-17-34-20-12-6-5-11-19(20)31-32-34/h2-6,9-12,21-23,35H,7-8,13-17H2,1H3,(H,29,37)(H,30,36)/t21-,22-,23?,27+,28?/m0/s1. The summed E-state index contributed by atoms with van der Waals surface area (Å²) in [5, 5.41) is 23.7. The first kappa shape index (κ1) is 25.8. The Kier molecular flexibility index (Phi) is 6.58. The minimum atomic E-state index is -0.718. The van der Waals surface area contributed by atoms with Crippen LogP contribution in [0.3, 0.4) is 0 Å². The van der Waals surface area contributed by atoms with Gasteiger partial charge in [-0.2, -0.15) is 0 Å². The van der Waals surface area contributed by atoms with Crippen molar-refractivity contribution in [3.63, 3.8) is 0 Å². The molecule has 6 rings (SSSR count). The van der Waals surface area contributed by atoms with Gasteiger partial charge in [-0.25, -0.2) is 4.68 Å². The Labute approximate surface area is 230 Å². The number of nitrogens with one attached hydrogen (secondary N) is 2. The maximum atomic E-state index is 14.1. The molecular weight excluding hydrogens is 516 g/mol. The first-order chi connectivity index (χ1) is 18.9. The lowest BCUT2D eigenvalue weighted by Crippen LogP contribution is -2.54. The molecule has 3 saturated heterocycles. The number of unbranched alkanes of at least 4 members (excludes halogenated alkanes) is 1. The molecule has 2 aromatic carbocycles. The molecule has 0 aliphatic carbocycles. The van der Waals surface area contributed by atoms with Crippen LogP contribution in [0.25, 0.3) is 11.0 Å². The lowest BCUT2D eigenvalue weighted by atomic mass is 9.66. The molecule has 39 heavy (non-hydrogen) atoms. The Balaban J connectivity index is 1.29. The van der Waals surface area contributed by atoms with Crippen LogP contribution >= 0.6 is 11.8 Å². The lowest BCUT2D eigenvalue weighted by Gasteiger charge is -2.34. The van der Waals surface area contributed by atoms with E-state index in [1.165, 1.54) is 0 Å². The number of carbonyl (C=O) groups is 3. The Morgan fingerprint density at radius 3 is 2.64 bits per heavy atom. The summed E-state index contributed by atoms with van der Waals surface area (Å²) < 4.78 is 0.487.